The lowest BCUT2D eigenvalue weighted by Gasteiger charge is -2.37. The van der Waals surface area contributed by atoms with Gasteiger partial charge in [0, 0.05) is 47.9 Å². The molecule has 0 radical (unpaired) electrons. The molecule has 9 heteroatoms. The van der Waals surface area contributed by atoms with Crippen LogP contribution < -0.4 is 9.47 Å². The molecule has 2 heterocycles. The lowest BCUT2D eigenvalue weighted by atomic mass is 9.91. The molecule has 2 aliphatic rings. The first-order valence-corrected chi connectivity index (χ1v) is 14.5. The fourth-order valence-electron chi connectivity index (χ4n) is 5.62. The lowest BCUT2D eigenvalue weighted by Crippen LogP contribution is -2.40. The molecule has 1 fully saturated rings. The molecule has 1 amide bonds. The zero-order valence-corrected chi connectivity index (χ0v) is 24.5. The molecule has 0 saturated heterocycles. The van der Waals surface area contributed by atoms with Gasteiger partial charge < -0.3 is 24.1 Å². The highest BCUT2D eigenvalue weighted by Gasteiger charge is 2.47. The first kappa shape index (κ1) is 29.2. The number of carbonyl (C=O) groups is 1. The van der Waals surface area contributed by atoms with Crippen LogP contribution in [0.3, 0.4) is 0 Å². The number of ether oxygens (including phenoxy) is 3. The van der Waals surface area contributed by atoms with Gasteiger partial charge in [-0.1, -0.05) is 18.2 Å². The summed E-state index contributed by atoms with van der Waals surface area (Å²) in [6.45, 7) is 6.73. The number of nitrogens with one attached hydrogen (secondary N) is 1. The van der Waals surface area contributed by atoms with Crippen LogP contribution in [0.4, 0.5) is 13.6 Å². The van der Waals surface area contributed by atoms with Crippen LogP contribution in [-0.4, -0.2) is 78.7 Å². The Morgan fingerprint density at radius 2 is 1.95 bits per heavy atom. The summed E-state index contributed by atoms with van der Waals surface area (Å²) in [6.07, 6.45) is 1.80. The van der Waals surface area contributed by atoms with E-state index >= 15 is 4.39 Å². The molecule has 1 N–H and O–H groups in total. The van der Waals surface area contributed by atoms with Gasteiger partial charge in [0.05, 0.1) is 26.4 Å². The number of carbonyl (C=O) groups excluding carboxylic acids is 1. The second-order valence-corrected chi connectivity index (χ2v) is 12.1. The van der Waals surface area contributed by atoms with E-state index < -0.39 is 24.0 Å². The van der Waals surface area contributed by atoms with E-state index in [4.69, 9.17) is 14.2 Å². The molecule has 5 rings (SSSR count). The number of rotatable bonds is 11. The number of alkyl halides is 2. The topological polar surface area (TPSA) is 67.0 Å². The van der Waals surface area contributed by atoms with Gasteiger partial charge in [-0.2, -0.15) is 0 Å². The fourth-order valence-corrected chi connectivity index (χ4v) is 5.62. The molecular formula is C32H41F2N3O4. The van der Waals surface area contributed by atoms with Crippen molar-refractivity contribution in [1.82, 2.24) is 14.8 Å². The summed E-state index contributed by atoms with van der Waals surface area (Å²) in [4.78, 5) is 19.9. The maximum Gasteiger partial charge on any atom is 0.410 e. The molecule has 1 saturated carbocycles. The number of para-hydroxylation sites is 1. The summed E-state index contributed by atoms with van der Waals surface area (Å²) < 4.78 is 45.3. The molecule has 0 bridgehead atoms. The molecule has 0 spiro atoms. The largest absolute Gasteiger partial charge is 0.496 e. The molecule has 1 atom stereocenters. The molecule has 1 aliphatic heterocycles. The first-order chi connectivity index (χ1) is 19.6. The standard InChI is InChI=1S/C32H41F2N3O4/c1-31(2,3)41-30(38)36(16-7-15-33)18-19-40-22-10-11-25(27(20-22)39-4)29-28-24(23-8-5-6-9-26(23)35-28)12-17-37(29)21-32(34)13-14-32/h5-6,8-11,20,29,35H,7,12-19,21H2,1-4H3. The van der Waals surface area contributed by atoms with Gasteiger partial charge in [0.25, 0.3) is 0 Å². The Morgan fingerprint density at radius 3 is 2.66 bits per heavy atom. The average molecular weight is 570 g/mol. The highest BCUT2D eigenvalue weighted by molar-refractivity contribution is 5.85. The van der Waals surface area contributed by atoms with Crippen molar-refractivity contribution in [2.45, 2.75) is 63.8 Å². The minimum atomic E-state index is -1.12. The SMILES string of the molecule is COc1cc(OCCN(CCCF)C(=O)OC(C)(C)C)ccc1C1c2[nH]c3ccccc3c2CCN1CC1(F)CC1. The predicted octanol–water partition coefficient (Wildman–Crippen LogP) is 6.60. The van der Waals surface area contributed by atoms with E-state index in [1.807, 2.05) is 30.3 Å². The highest BCUT2D eigenvalue weighted by Crippen LogP contribution is 2.47. The zero-order chi connectivity index (χ0) is 29.2. The summed E-state index contributed by atoms with van der Waals surface area (Å²) in [5.74, 6) is 1.23. The Labute approximate surface area is 240 Å². The van der Waals surface area contributed by atoms with Gasteiger partial charge in [-0.3, -0.25) is 9.29 Å². The monoisotopic (exact) mass is 569 g/mol. The smallest absolute Gasteiger partial charge is 0.410 e. The van der Waals surface area contributed by atoms with Crippen molar-refractivity contribution in [3.63, 3.8) is 0 Å². The Balaban J connectivity index is 1.36. The average Bonchev–Trinajstić information content (AvgIpc) is 3.54. The molecule has 3 aromatic rings. The molecule has 1 aliphatic carbocycles. The maximum atomic E-state index is 15.1. The van der Waals surface area contributed by atoms with Gasteiger partial charge in [-0.15, -0.1) is 0 Å². The van der Waals surface area contributed by atoms with Gasteiger partial charge in [0.15, 0.2) is 0 Å². The van der Waals surface area contributed by atoms with Crippen molar-refractivity contribution in [3.05, 3.63) is 59.3 Å². The fraction of sp³-hybridized carbons (Fsp3) is 0.531. The van der Waals surface area contributed by atoms with Gasteiger partial charge in [-0.25, -0.2) is 9.18 Å². The predicted molar refractivity (Wildman–Crippen MR) is 155 cm³/mol. The number of aromatic nitrogens is 1. The van der Waals surface area contributed by atoms with Crippen LogP contribution in [-0.2, 0) is 11.2 Å². The normalized spacial score (nSPS) is 18.1. The van der Waals surface area contributed by atoms with Gasteiger partial charge in [0.2, 0.25) is 0 Å². The van der Waals surface area contributed by atoms with E-state index in [2.05, 4.69) is 22.0 Å². The Morgan fingerprint density at radius 1 is 1.17 bits per heavy atom. The van der Waals surface area contributed by atoms with E-state index in [-0.39, 0.29) is 32.2 Å². The number of hydrogen-bond donors (Lipinski definition) is 1. The number of hydrogen-bond acceptors (Lipinski definition) is 5. The van der Waals surface area contributed by atoms with Crippen molar-refractivity contribution >= 4 is 17.0 Å². The van der Waals surface area contributed by atoms with E-state index in [1.165, 1.54) is 15.8 Å². The van der Waals surface area contributed by atoms with E-state index in [0.29, 0.717) is 30.9 Å². The molecule has 2 aromatic carbocycles. The van der Waals surface area contributed by atoms with Crippen molar-refractivity contribution in [2.24, 2.45) is 0 Å². The van der Waals surface area contributed by atoms with Crippen molar-refractivity contribution in [2.75, 3.05) is 46.6 Å². The Bertz CT molecular complexity index is 1360. The first-order valence-electron chi connectivity index (χ1n) is 14.5. The number of fused-ring (bicyclic) bond motifs is 3. The molecule has 1 aromatic heterocycles. The van der Waals surface area contributed by atoms with Gasteiger partial charge in [0.1, 0.15) is 29.4 Å². The number of benzene rings is 2. The summed E-state index contributed by atoms with van der Waals surface area (Å²) >= 11 is 0. The second kappa shape index (κ2) is 11.9. The van der Waals surface area contributed by atoms with Gasteiger partial charge >= 0.3 is 6.09 Å². The van der Waals surface area contributed by atoms with E-state index in [9.17, 15) is 9.18 Å². The summed E-state index contributed by atoms with van der Waals surface area (Å²) in [5.41, 5.74) is 2.59. The highest BCUT2D eigenvalue weighted by atomic mass is 19.1. The minimum absolute atomic E-state index is 0.188. The van der Waals surface area contributed by atoms with Gasteiger partial charge in [-0.05, 0) is 70.2 Å². The van der Waals surface area contributed by atoms with Crippen LogP contribution in [0, 0.1) is 0 Å². The van der Waals surface area contributed by atoms with E-state index in [1.54, 1.807) is 27.9 Å². The zero-order valence-electron chi connectivity index (χ0n) is 24.5. The third kappa shape index (κ3) is 6.77. The van der Waals surface area contributed by atoms with Crippen LogP contribution >= 0.6 is 0 Å². The minimum Gasteiger partial charge on any atom is -0.496 e. The van der Waals surface area contributed by atoms with Crippen LogP contribution in [0.5, 0.6) is 11.5 Å². The molecule has 41 heavy (non-hydrogen) atoms. The number of aromatic amines is 1. The number of amides is 1. The molecule has 222 valence electrons. The molecule has 1 unspecified atom stereocenters. The van der Waals surface area contributed by atoms with Crippen LogP contribution in [0.1, 0.15) is 62.9 Å². The van der Waals surface area contributed by atoms with Crippen LogP contribution in [0.25, 0.3) is 10.9 Å². The van der Waals surface area contributed by atoms with E-state index in [0.717, 1.165) is 29.7 Å². The van der Waals surface area contributed by atoms with Crippen LogP contribution in [0.15, 0.2) is 42.5 Å². The van der Waals surface area contributed by atoms with Crippen molar-refractivity contribution in [3.8, 4) is 11.5 Å². The van der Waals surface area contributed by atoms with Crippen LogP contribution in [0.2, 0.25) is 0 Å². The molecular weight excluding hydrogens is 528 g/mol. The summed E-state index contributed by atoms with van der Waals surface area (Å²) in [5, 5.41) is 1.20. The van der Waals surface area contributed by atoms with Crippen molar-refractivity contribution < 1.29 is 27.8 Å². The Kier molecular flexibility index (Phi) is 8.45. The second-order valence-electron chi connectivity index (χ2n) is 12.1. The number of halogens is 2. The molecule has 7 nitrogen and oxygen atoms in total. The number of H-pyrrole nitrogens is 1. The number of methoxy groups -OCH3 is 1. The lowest BCUT2D eigenvalue weighted by molar-refractivity contribution is 0.0221. The maximum absolute atomic E-state index is 15.1. The van der Waals surface area contributed by atoms with Crippen molar-refractivity contribution in [1.29, 1.82) is 0 Å². The third-order valence-electron chi connectivity index (χ3n) is 7.76. The Hall–Kier alpha value is -3.33. The quantitative estimate of drug-likeness (QED) is 0.282. The number of nitrogens with zero attached hydrogens (tertiary/aromatic N) is 2. The summed E-state index contributed by atoms with van der Waals surface area (Å²) in [7, 11) is 1.63. The summed E-state index contributed by atoms with van der Waals surface area (Å²) in [6, 6.07) is 13.8. The third-order valence-corrected chi connectivity index (χ3v) is 7.76.